The molecule has 9 heteroatoms. The van der Waals surface area contributed by atoms with Gasteiger partial charge in [-0.2, -0.15) is 8.78 Å². The lowest BCUT2D eigenvalue weighted by molar-refractivity contribution is -0.0498. The summed E-state index contributed by atoms with van der Waals surface area (Å²) in [5.74, 6) is -0.0880. The van der Waals surface area contributed by atoms with Crippen molar-refractivity contribution in [2.75, 3.05) is 26.2 Å². The van der Waals surface area contributed by atoms with E-state index in [1.807, 2.05) is 0 Å². The van der Waals surface area contributed by atoms with Gasteiger partial charge in [0, 0.05) is 19.6 Å². The van der Waals surface area contributed by atoms with E-state index in [1.165, 1.54) is 16.8 Å². The van der Waals surface area contributed by atoms with Gasteiger partial charge in [-0.05, 0) is 44.2 Å². The number of hydrogen-bond donors (Lipinski definition) is 1. The molecule has 3 rings (SSSR count). The van der Waals surface area contributed by atoms with Gasteiger partial charge in [0.2, 0.25) is 0 Å². The molecule has 1 aliphatic heterocycles. The van der Waals surface area contributed by atoms with Crippen LogP contribution in [0.1, 0.15) is 22.6 Å². The number of nitrogens with one attached hydrogen (secondary N) is 1. The van der Waals surface area contributed by atoms with E-state index in [0.717, 1.165) is 19.5 Å². The molecule has 1 N–H and O–H groups in total. The molecule has 2 aromatic rings. The SMILES string of the molecule is Cc1c(C(=O)N2CCCNCC2)nnn1-c1ccc(OC(F)F)cc1. The minimum atomic E-state index is -2.87. The van der Waals surface area contributed by atoms with Gasteiger partial charge in [0.15, 0.2) is 5.69 Å². The number of alkyl halides is 2. The maximum Gasteiger partial charge on any atom is 0.387 e. The molecule has 0 bridgehead atoms. The zero-order valence-electron chi connectivity index (χ0n) is 13.8. The minimum absolute atomic E-state index is 0.0601. The van der Waals surface area contributed by atoms with Gasteiger partial charge in [-0.3, -0.25) is 4.79 Å². The zero-order chi connectivity index (χ0) is 17.8. The number of aromatic nitrogens is 3. The summed E-state index contributed by atoms with van der Waals surface area (Å²) in [7, 11) is 0. The molecule has 1 aromatic carbocycles. The highest BCUT2D eigenvalue weighted by atomic mass is 19.3. The molecule has 0 spiro atoms. The summed E-state index contributed by atoms with van der Waals surface area (Å²) in [5.41, 5.74) is 1.52. The molecule has 0 saturated carbocycles. The van der Waals surface area contributed by atoms with Gasteiger partial charge in [-0.15, -0.1) is 5.10 Å². The number of halogens is 2. The Kier molecular flexibility index (Phi) is 5.22. The van der Waals surface area contributed by atoms with E-state index in [2.05, 4.69) is 20.4 Å². The van der Waals surface area contributed by atoms with Crippen molar-refractivity contribution >= 4 is 5.91 Å². The first-order chi connectivity index (χ1) is 12.1. The highest BCUT2D eigenvalue weighted by Crippen LogP contribution is 2.19. The van der Waals surface area contributed by atoms with E-state index in [9.17, 15) is 13.6 Å². The maximum absolute atomic E-state index is 12.7. The van der Waals surface area contributed by atoms with E-state index in [4.69, 9.17) is 0 Å². The van der Waals surface area contributed by atoms with Gasteiger partial charge in [-0.1, -0.05) is 5.21 Å². The molecule has 134 valence electrons. The predicted molar refractivity (Wildman–Crippen MR) is 86.1 cm³/mol. The number of rotatable bonds is 4. The topological polar surface area (TPSA) is 72.3 Å². The molecule has 7 nitrogen and oxygen atoms in total. The van der Waals surface area contributed by atoms with E-state index in [0.29, 0.717) is 30.2 Å². The van der Waals surface area contributed by atoms with Crippen LogP contribution in [0.3, 0.4) is 0 Å². The summed E-state index contributed by atoms with van der Waals surface area (Å²) in [4.78, 5) is 14.4. The number of ether oxygens (including phenoxy) is 1. The second-order valence-electron chi connectivity index (χ2n) is 5.70. The second-order valence-corrected chi connectivity index (χ2v) is 5.70. The Labute approximate surface area is 143 Å². The van der Waals surface area contributed by atoms with Crippen LogP contribution < -0.4 is 10.1 Å². The standard InChI is InChI=1S/C16H19F2N5O2/c1-11-14(15(24)22-9-2-7-19-8-10-22)20-21-23(11)12-3-5-13(6-4-12)25-16(17)18/h3-6,16,19H,2,7-10H2,1H3. The fourth-order valence-corrected chi connectivity index (χ4v) is 2.74. The van der Waals surface area contributed by atoms with Gasteiger partial charge in [0.05, 0.1) is 11.4 Å². The molecule has 1 amide bonds. The monoisotopic (exact) mass is 351 g/mol. The largest absolute Gasteiger partial charge is 0.435 e. The average molecular weight is 351 g/mol. The van der Waals surface area contributed by atoms with Crippen LogP contribution in [0.5, 0.6) is 5.75 Å². The van der Waals surface area contributed by atoms with Crippen molar-refractivity contribution in [1.82, 2.24) is 25.2 Å². The van der Waals surface area contributed by atoms with Gasteiger partial charge in [0.25, 0.3) is 5.91 Å². The molecule has 25 heavy (non-hydrogen) atoms. The first kappa shape index (κ1) is 17.3. The summed E-state index contributed by atoms with van der Waals surface area (Å²) >= 11 is 0. The number of carbonyl (C=O) groups is 1. The van der Waals surface area contributed by atoms with E-state index >= 15 is 0 Å². The van der Waals surface area contributed by atoms with Gasteiger partial charge in [-0.25, -0.2) is 4.68 Å². The Morgan fingerprint density at radius 1 is 1.24 bits per heavy atom. The molecule has 1 saturated heterocycles. The molecular formula is C16H19F2N5O2. The molecular weight excluding hydrogens is 332 g/mol. The summed E-state index contributed by atoms with van der Waals surface area (Å²) in [6.45, 7) is 1.84. The fourth-order valence-electron chi connectivity index (χ4n) is 2.74. The Morgan fingerprint density at radius 2 is 2.00 bits per heavy atom. The first-order valence-corrected chi connectivity index (χ1v) is 8.04. The second kappa shape index (κ2) is 7.56. The van der Waals surface area contributed by atoms with Crippen molar-refractivity contribution < 1.29 is 18.3 Å². The molecule has 0 radical (unpaired) electrons. The zero-order valence-corrected chi connectivity index (χ0v) is 13.8. The van der Waals surface area contributed by atoms with Crippen molar-refractivity contribution in [3.63, 3.8) is 0 Å². The van der Waals surface area contributed by atoms with E-state index in [1.54, 1.807) is 24.0 Å². The quantitative estimate of drug-likeness (QED) is 0.906. The molecule has 1 aromatic heterocycles. The Balaban J connectivity index is 1.79. The summed E-state index contributed by atoms with van der Waals surface area (Å²) < 4.78 is 30.3. The first-order valence-electron chi connectivity index (χ1n) is 8.04. The van der Waals surface area contributed by atoms with Crippen molar-refractivity contribution in [3.05, 3.63) is 35.7 Å². The van der Waals surface area contributed by atoms with Crippen LogP contribution in [0, 0.1) is 6.92 Å². The number of amides is 1. The van der Waals surface area contributed by atoms with Crippen molar-refractivity contribution in [1.29, 1.82) is 0 Å². The van der Waals surface area contributed by atoms with Crippen LogP contribution in [0.25, 0.3) is 5.69 Å². The van der Waals surface area contributed by atoms with E-state index in [-0.39, 0.29) is 11.7 Å². The lowest BCUT2D eigenvalue weighted by atomic mass is 10.2. The Bertz CT molecular complexity index is 725. The number of benzene rings is 1. The average Bonchev–Trinajstić information content (AvgIpc) is 2.81. The summed E-state index contributed by atoms with van der Waals surface area (Å²) in [5, 5.41) is 11.3. The normalized spacial score (nSPS) is 15.3. The smallest absolute Gasteiger partial charge is 0.387 e. The fraction of sp³-hybridized carbons (Fsp3) is 0.438. The molecule has 1 aliphatic rings. The van der Waals surface area contributed by atoms with Gasteiger partial charge < -0.3 is 15.0 Å². The predicted octanol–water partition coefficient (Wildman–Crippen LogP) is 1.61. The maximum atomic E-state index is 12.7. The molecule has 0 aliphatic carbocycles. The Morgan fingerprint density at radius 3 is 2.72 bits per heavy atom. The highest BCUT2D eigenvalue weighted by Gasteiger charge is 2.23. The third kappa shape index (κ3) is 3.93. The van der Waals surface area contributed by atoms with Crippen LogP contribution in [0.4, 0.5) is 8.78 Å². The number of carbonyl (C=O) groups excluding carboxylic acids is 1. The molecule has 0 unspecified atom stereocenters. The van der Waals surface area contributed by atoms with Crippen molar-refractivity contribution in [2.45, 2.75) is 20.0 Å². The third-order valence-corrected chi connectivity index (χ3v) is 4.03. The lowest BCUT2D eigenvalue weighted by Crippen LogP contribution is -2.34. The molecule has 2 heterocycles. The van der Waals surface area contributed by atoms with Crippen LogP contribution >= 0.6 is 0 Å². The summed E-state index contributed by atoms with van der Waals surface area (Å²) in [6.07, 6.45) is 0.893. The highest BCUT2D eigenvalue weighted by molar-refractivity contribution is 5.93. The van der Waals surface area contributed by atoms with Crippen LogP contribution in [0.15, 0.2) is 24.3 Å². The Hall–Kier alpha value is -2.55. The van der Waals surface area contributed by atoms with Crippen molar-refractivity contribution in [3.8, 4) is 11.4 Å². The molecule has 1 fully saturated rings. The van der Waals surface area contributed by atoms with Crippen molar-refractivity contribution in [2.24, 2.45) is 0 Å². The number of nitrogens with zero attached hydrogens (tertiary/aromatic N) is 4. The molecule has 0 atom stereocenters. The van der Waals surface area contributed by atoms with Gasteiger partial charge in [0.1, 0.15) is 5.75 Å². The van der Waals surface area contributed by atoms with E-state index < -0.39 is 6.61 Å². The van der Waals surface area contributed by atoms with Crippen LogP contribution in [0.2, 0.25) is 0 Å². The lowest BCUT2D eigenvalue weighted by Gasteiger charge is -2.18. The minimum Gasteiger partial charge on any atom is -0.435 e. The third-order valence-electron chi connectivity index (χ3n) is 4.03. The van der Waals surface area contributed by atoms with Gasteiger partial charge >= 0.3 is 6.61 Å². The number of hydrogen-bond acceptors (Lipinski definition) is 5. The van der Waals surface area contributed by atoms with Crippen LogP contribution in [-0.4, -0.2) is 58.6 Å². The van der Waals surface area contributed by atoms with Crippen LogP contribution in [-0.2, 0) is 0 Å². The summed E-state index contributed by atoms with van der Waals surface area (Å²) in [6, 6.07) is 6.02.